The SMILES string of the molecule is CC(CN)N1CCN(S(=O)(=O)N(C)C)CC1. The van der Waals surface area contributed by atoms with E-state index in [9.17, 15) is 8.42 Å². The van der Waals surface area contributed by atoms with E-state index < -0.39 is 10.2 Å². The van der Waals surface area contributed by atoms with Gasteiger partial charge in [-0.05, 0) is 6.92 Å². The monoisotopic (exact) mass is 250 g/mol. The summed E-state index contributed by atoms with van der Waals surface area (Å²) in [5, 5.41) is 0. The second kappa shape index (κ2) is 5.42. The smallest absolute Gasteiger partial charge is 0.281 e. The van der Waals surface area contributed by atoms with E-state index in [1.54, 1.807) is 14.1 Å². The van der Waals surface area contributed by atoms with Crippen LogP contribution in [0.15, 0.2) is 0 Å². The molecule has 0 aromatic carbocycles. The van der Waals surface area contributed by atoms with Gasteiger partial charge in [-0.15, -0.1) is 0 Å². The summed E-state index contributed by atoms with van der Waals surface area (Å²) < 4.78 is 26.5. The van der Waals surface area contributed by atoms with E-state index in [1.807, 2.05) is 0 Å². The zero-order valence-corrected chi connectivity index (χ0v) is 11.1. The van der Waals surface area contributed by atoms with Crippen LogP contribution >= 0.6 is 0 Å². The van der Waals surface area contributed by atoms with Crippen LogP contribution in [0.4, 0.5) is 0 Å². The molecule has 0 radical (unpaired) electrons. The predicted molar refractivity (Wildman–Crippen MR) is 64.3 cm³/mol. The summed E-state index contributed by atoms with van der Waals surface area (Å²) in [6, 6.07) is 0.323. The van der Waals surface area contributed by atoms with Crippen molar-refractivity contribution in [2.75, 3.05) is 46.8 Å². The van der Waals surface area contributed by atoms with E-state index in [0.717, 1.165) is 13.1 Å². The predicted octanol–water partition coefficient (Wildman–Crippen LogP) is -1.24. The number of rotatable bonds is 4. The van der Waals surface area contributed by atoms with Crippen LogP contribution in [0.3, 0.4) is 0 Å². The third-order valence-electron chi connectivity index (χ3n) is 3.03. The van der Waals surface area contributed by atoms with Crippen LogP contribution in [0.5, 0.6) is 0 Å². The number of hydrogen-bond donors (Lipinski definition) is 1. The first-order valence-electron chi connectivity index (χ1n) is 5.51. The van der Waals surface area contributed by atoms with Gasteiger partial charge in [0, 0.05) is 52.9 Å². The third kappa shape index (κ3) is 2.92. The Labute approximate surface area is 98.2 Å². The van der Waals surface area contributed by atoms with E-state index in [1.165, 1.54) is 8.61 Å². The van der Waals surface area contributed by atoms with E-state index in [-0.39, 0.29) is 0 Å². The molecule has 1 aliphatic rings. The summed E-state index contributed by atoms with van der Waals surface area (Å²) in [4.78, 5) is 2.22. The molecule has 0 bridgehead atoms. The highest BCUT2D eigenvalue weighted by molar-refractivity contribution is 7.86. The molecule has 96 valence electrons. The molecule has 2 N–H and O–H groups in total. The van der Waals surface area contributed by atoms with Gasteiger partial charge in [-0.3, -0.25) is 4.90 Å². The average molecular weight is 250 g/mol. The molecular weight excluding hydrogens is 228 g/mol. The van der Waals surface area contributed by atoms with Crippen LogP contribution in [0, 0.1) is 0 Å². The van der Waals surface area contributed by atoms with Gasteiger partial charge in [-0.1, -0.05) is 0 Å². The van der Waals surface area contributed by atoms with Crippen molar-refractivity contribution < 1.29 is 8.42 Å². The zero-order valence-electron chi connectivity index (χ0n) is 10.3. The Kier molecular flexibility index (Phi) is 4.69. The minimum absolute atomic E-state index is 0.323. The Bertz CT molecular complexity index is 309. The van der Waals surface area contributed by atoms with E-state index >= 15 is 0 Å². The number of hydrogen-bond acceptors (Lipinski definition) is 4. The van der Waals surface area contributed by atoms with Crippen molar-refractivity contribution in [2.24, 2.45) is 5.73 Å². The molecular formula is C9H22N4O2S. The van der Waals surface area contributed by atoms with Gasteiger partial charge >= 0.3 is 0 Å². The first-order valence-corrected chi connectivity index (χ1v) is 6.91. The van der Waals surface area contributed by atoms with Crippen molar-refractivity contribution in [1.29, 1.82) is 0 Å². The van der Waals surface area contributed by atoms with Gasteiger partial charge in [-0.2, -0.15) is 17.0 Å². The lowest BCUT2D eigenvalue weighted by atomic mass is 10.2. The lowest BCUT2D eigenvalue weighted by Gasteiger charge is -2.37. The van der Waals surface area contributed by atoms with Gasteiger partial charge in [0.05, 0.1) is 0 Å². The Morgan fingerprint density at radius 2 is 1.75 bits per heavy atom. The summed E-state index contributed by atoms with van der Waals surface area (Å²) in [5.74, 6) is 0. The van der Waals surface area contributed by atoms with Crippen molar-refractivity contribution in [1.82, 2.24) is 13.5 Å². The van der Waals surface area contributed by atoms with E-state index in [2.05, 4.69) is 11.8 Å². The van der Waals surface area contributed by atoms with E-state index in [4.69, 9.17) is 5.73 Å². The average Bonchev–Trinajstić information content (AvgIpc) is 2.28. The first-order chi connectivity index (χ1) is 7.39. The van der Waals surface area contributed by atoms with Crippen molar-refractivity contribution in [3.63, 3.8) is 0 Å². The molecule has 0 amide bonds. The summed E-state index contributed by atoms with van der Waals surface area (Å²) >= 11 is 0. The van der Waals surface area contributed by atoms with Crippen LogP contribution in [0.1, 0.15) is 6.92 Å². The van der Waals surface area contributed by atoms with Gasteiger partial charge in [0.1, 0.15) is 0 Å². The fraction of sp³-hybridized carbons (Fsp3) is 1.00. The molecule has 0 aromatic rings. The minimum atomic E-state index is -3.25. The molecule has 1 heterocycles. The van der Waals surface area contributed by atoms with Crippen LogP contribution in [0.2, 0.25) is 0 Å². The van der Waals surface area contributed by atoms with Crippen LogP contribution in [-0.4, -0.2) is 74.8 Å². The molecule has 1 unspecified atom stereocenters. The second-order valence-electron chi connectivity index (χ2n) is 4.31. The van der Waals surface area contributed by atoms with E-state index in [0.29, 0.717) is 25.7 Å². The molecule has 1 rings (SSSR count). The lowest BCUT2D eigenvalue weighted by Crippen LogP contribution is -2.54. The van der Waals surface area contributed by atoms with Crippen LogP contribution in [-0.2, 0) is 10.2 Å². The molecule has 0 aliphatic carbocycles. The summed E-state index contributed by atoms with van der Waals surface area (Å²) in [5.41, 5.74) is 5.59. The topological polar surface area (TPSA) is 69.9 Å². The molecule has 1 atom stereocenters. The van der Waals surface area contributed by atoms with Gasteiger partial charge in [0.15, 0.2) is 0 Å². The van der Waals surface area contributed by atoms with Gasteiger partial charge in [-0.25, -0.2) is 0 Å². The Morgan fingerprint density at radius 3 is 2.12 bits per heavy atom. The molecule has 7 heteroatoms. The Hall–Kier alpha value is -0.210. The van der Waals surface area contributed by atoms with Crippen molar-refractivity contribution in [2.45, 2.75) is 13.0 Å². The highest BCUT2D eigenvalue weighted by atomic mass is 32.2. The van der Waals surface area contributed by atoms with Gasteiger partial charge in [0.25, 0.3) is 10.2 Å². The Balaban J connectivity index is 2.56. The molecule has 0 spiro atoms. The zero-order chi connectivity index (χ0) is 12.3. The normalized spacial score (nSPS) is 22.6. The lowest BCUT2D eigenvalue weighted by molar-refractivity contribution is 0.146. The number of nitrogens with two attached hydrogens (primary N) is 1. The minimum Gasteiger partial charge on any atom is -0.329 e. The van der Waals surface area contributed by atoms with Gasteiger partial charge < -0.3 is 5.73 Å². The first kappa shape index (κ1) is 13.9. The second-order valence-corrected chi connectivity index (χ2v) is 6.45. The van der Waals surface area contributed by atoms with Crippen molar-refractivity contribution >= 4 is 10.2 Å². The summed E-state index contributed by atoms with van der Waals surface area (Å²) in [6.07, 6.45) is 0. The standard InChI is InChI=1S/C9H22N4O2S/c1-9(8-10)12-4-6-13(7-5-12)16(14,15)11(2)3/h9H,4-8,10H2,1-3H3. The highest BCUT2D eigenvalue weighted by Crippen LogP contribution is 2.11. The highest BCUT2D eigenvalue weighted by Gasteiger charge is 2.29. The van der Waals surface area contributed by atoms with Crippen molar-refractivity contribution in [3.05, 3.63) is 0 Å². The Morgan fingerprint density at radius 1 is 1.25 bits per heavy atom. The molecule has 16 heavy (non-hydrogen) atoms. The fourth-order valence-electron chi connectivity index (χ4n) is 1.76. The van der Waals surface area contributed by atoms with Crippen molar-refractivity contribution in [3.8, 4) is 0 Å². The summed E-state index contributed by atoms with van der Waals surface area (Å²) in [7, 11) is -0.128. The molecule has 1 aliphatic heterocycles. The van der Waals surface area contributed by atoms with Crippen LogP contribution in [0.25, 0.3) is 0 Å². The molecule has 6 nitrogen and oxygen atoms in total. The molecule has 1 fully saturated rings. The van der Waals surface area contributed by atoms with Crippen LogP contribution < -0.4 is 5.73 Å². The fourth-order valence-corrected chi connectivity index (χ4v) is 2.84. The number of piperazine rings is 1. The summed E-state index contributed by atoms with van der Waals surface area (Å²) in [6.45, 7) is 5.28. The maximum atomic E-state index is 11.8. The maximum Gasteiger partial charge on any atom is 0.281 e. The molecule has 1 saturated heterocycles. The quantitative estimate of drug-likeness (QED) is 0.677. The largest absolute Gasteiger partial charge is 0.329 e. The molecule has 0 aromatic heterocycles. The number of nitrogens with zero attached hydrogens (tertiary/aromatic N) is 3. The molecule has 0 saturated carbocycles. The van der Waals surface area contributed by atoms with Gasteiger partial charge in [0.2, 0.25) is 0 Å². The maximum absolute atomic E-state index is 11.8. The third-order valence-corrected chi connectivity index (χ3v) is 4.97.